The smallest absolute Gasteiger partial charge is 0.254 e. The quantitative estimate of drug-likeness (QED) is 0.390. The van der Waals surface area contributed by atoms with Gasteiger partial charge in [-0.25, -0.2) is 4.39 Å². The molecule has 5 rings (SSSR count). The molecule has 0 bridgehead atoms. The molecular formula is C26H26FN3OS. The van der Waals surface area contributed by atoms with Gasteiger partial charge in [0.25, 0.3) is 5.91 Å². The zero-order chi connectivity index (χ0) is 21.9. The van der Waals surface area contributed by atoms with Gasteiger partial charge in [-0.15, -0.1) is 11.3 Å². The maximum Gasteiger partial charge on any atom is 0.254 e. The number of nitrogens with zero attached hydrogens (tertiary/aromatic N) is 2. The molecule has 1 aliphatic heterocycles. The number of fused-ring (bicyclic) bond motifs is 1. The van der Waals surface area contributed by atoms with Crippen LogP contribution in [0.5, 0.6) is 0 Å². The highest BCUT2D eigenvalue weighted by atomic mass is 32.1. The summed E-state index contributed by atoms with van der Waals surface area (Å²) in [6.07, 6.45) is 4.41. The van der Waals surface area contributed by atoms with E-state index in [4.69, 9.17) is 0 Å². The van der Waals surface area contributed by atoms with Crippen molar-refractivity contribution in [2.45, 2.75) is 19.4 Å². The summed E-state index contributed by atoms with van der Waals surface area (Å²) in [5.41, 5.74) is 2.84. The third-order valence-corrected chi connectivity index (χ3v) is 7.23. The first-order valence-corrected chi connectivity index (χ1v) is 11.9. The third-order valence-electron chi connectivity index (χ3n) is 6.11. The Balaban J connectivity index is 1.35. The zero-order valence-electron chi connectivity index (χ0n) is 17.9. The van der Waals surface area contributed by atoms with Gasteiger partial charge in [0, 0.05) is 40.1 Å². The molecule has 0 saturated carbocycles. The highest BCUT2D eigenvalue weighted by Gasteiger charge is 2.20. The van der Waals surface area contributed by atoms with E-state index in [1.165, 1.54) is 40.8 Å². The van der Waals surface area contributed by atoms with Crippen LogP contribution in [0.2, 0.25) is 0 Å². The van der Waals surface area contributed by atoms with Crippen LogP contribution in [0.1, 0.15) is 28.1 Å². The van der Waals surface area contributed by atoms with Gasteiger partial charge in [0.2, 0.25) is 0 Å². The molecule has 2 aromatic heterocycles. The maximum absolute atomic E-state index is 13.4. The van der Waals surface area contributed by atoms with Gasteiger partial charge >= 0.3 is 0 Å². The van der Waals surface area contributed by atoms with Crippen LogP contribution in [-0.2, 0) is 6.54 Å². The van der Waals surface area contributed by atoms with Crippen molar-refractivity contribution in [3.8, 4) is 10.4 Å². The predicted molar refractivity (Wildman–Crippen MR) is 128 cm³/mol. The van der Waals surface area contributed by atoms with Gasteiger partial charge in [-0.05, 0) is 91.5 Å². The van der Waals surface area contributed by atoms with Gasteiger partial charge in [-0.1, -0.05) is 6.07 Å². The zero-order valence-corrected chi connectivity index (χ0v) is 18.7. The van der Waals surface area contributed by atoms with Crippen LogP contribution in [0.3, 0.4) is 0 Å². The van der Waals surface area contributed by atoms with E-state index in [9.17, 15) is 9.18 Å². The average Bonchev–Trinajstić information content (AvgIpc) is 3.58. The van der Waals surface area contributed by atoms with Crippen molar-refractivity contribution in [3.05, 3.63) is 83.1 Å². The first-order valence-electron chi connectivity index (χ1n) is 11.1. The number of H-pyrrole nitrogens is 1. The number of carbonyl (C=O) groups is 1. The van der Waals surface area contributed by atoms with E-state index in [1.54, 1.807) is 23.5 Å². The molecular weight excluding hydrogens is 421 g/mol. The SMILES string of the molecule is O=C(c1ccc(F)cc1)N(CCN1CCCC1)Cc1ccc(-c2ccc3[nH]ccc3c2)s1. The summed E-state index contributed by atoms with van der Waals surface area (Å²) in [6.45, 7) is 4.29. The number of carbonyl (C=O) groups excluding carboxylic acids is 1. The van der Waals surface area contributed by atoms with Gasteiger partial charge in [-0.2, -0.15) is 0 Å². The molecule has 0 aliphatic carbocycles. The Hall–Kier alpha value is -2.96. The molecule has 0 atom stereocenters. The summed E-state index contributed by atoms with van der Waals surface area (Å²) in [5.74, 6) is -0.375. The molecule has 1 saturated heterocycles. The molecule has 4 nitrogen and oxygen atoms in total. The normalized spacial score (nSPS) is 14.3. The maximum atomic E-state index is 13.4. The fourth-order valence-electron chi connectivity index (χ4n) is 4.31. The van der Waals surface area contributed by atoms with Crippen molar-refractivity contribution >= 4 is 28.1 Å². The van der Waals surface area contributed by atoms with Crippen LogP contribution in [0.4, 0.5) is 4.39 Å². The Morgan fingerprint density at radius 2 is 1.84 bits per heavy atom. The van der Waals surface area contributed by atoms with Crippen LogP contribution in [-0.4, -0.2) is 46.9 Å². The van der Waals surface area contributed by atoms with Crippen LogP contribution in [0, 0.1) is 5.82 Å². The lowest BCUT2D eigenvalue weighted by atomic mass is 10.1. The van der Waals surface area contributed by atoms with E-state index in [1.807, 2.05) is 11.1 Å². The summed E-state index contributed by atoms with van der Waals surface area (Å²) < 4.78 is 13.4. The average molecular weight is 448 g/mol. The number of hydrogen-bond donors (Lipinski definition) is 1. The minimum atomic E-state index is -0.326. The van der Waals surface area contributed by atoms with Crippen molar-refractivity contribution in [2.75, 3.05) is 26.2 Å². The van der Waals surface area contributed by atoms with Gasteiger partial charge in [0.05, 0.1) is 6.54 Å². The third kappa shape index (κ3) is 4.61. The van der Waals surface area contributed by atoms with E-state index >= 15 is 0 Å². The number of rotatable bonds is 7. The summed E-state index contributed by atoms with van der Waals surface area (Å²) in [5, 5.41) is 1.19. The second kappa shape index (κ2) is 9.27. The van der Waals surface area contributed by atoms with Crippen LogP contribution >= 0.6 is 11.3 Å². The first-order chi connectivity index (χ1) is 15.7. The number of aromatic amines is 1. The summed E-state index contributed by atoms with van der Waals surface area (Å²) in [6, 6.07) is 18.6. The fourth-order valence-corrected chi connectivity index (χ4v) is 5.33. The largest absolute Gasteiger partial charge is 0.361 e. The lowest BCUT2D eigenvalue weighted by Gasteiger charge is -2.25. The van der Waals surface area contributed by atoms with Gasteiger partial charge in [-0.3, -0.25) is 4.79 Å². The van der Waals surface area contributed by atoms with Crippen molar-refractivity contribution < 1.29 is 9.18 Å². The number of benzene rings is 2. The molecule has 2 aromatic carbocycles. The Kier molecular flexibility index (Phi) is 6.06. The van der Waals surface area contributed by atoms with E-state index in [2.05, 4.69) is 46.3 Å². The van der Waals surface area contributed by atoms with Crippen molar-refractivity contribution in [3.63, 3.8) is 0 Å². The Labute approximate surface area is 191 Å². The predicted octanol–water partition coefficient (Wildman–Crippen LogP) is 5.77. The number of thiophene rings is 1. The molecule has 1 amide bonds. The van der Waals surface area contributed by atoms with E-state index < -0.39 is 0 Å². The molecule has 6 heteroatoms. The molecule has 32 heavy (non-hydrogen) atoms. The van der Waals surface area contributed by atoms with Gasteiger partial charge in [0.15, 0.2) is 0 Å². The number of hydrogen-bond acceptors (Lipinski definition) is 3. The van der Waals surface area contributed by atoms with Crippen LogP contribution in [0.25, 0.3) is 21.3 Å². The minimum Gasteiger partial charge on any atom is -0.361 e. The molecule has 0 unspecified atom stereocenters. The van der Waals surface area contributed by atoms with Crippen molar-refractivity contribution in [2.24, 2.45) is 0 Å². The summed E-state index contributed by atoms with van der Waals surface area (Å²) >= 11 is 1.72. The Morgan fingerprint density at radius 3 is 2.66 bits per heavy atom. The Bertz CT molecular complexity index is 1210. The molecule has 164 valence electrons. The number of likely N-dealkylation sites (tertiary alicyclic amines) is 1. The molecule has 3 heterocycles. The van der Waals surface area contributed by atoms with E-state index in [0.717, 1.165) is 30.0 Å². The van der Waals surface area contributed by atoms with Gasteiger partial charge < -0.3 is 14.8 Å². The monoisotopic (exact) mass is 447 g/mol. The summed E-state index contributed by atoms with van der Waals surface area (Å²) in [7, 11) is 0. The van der Waals surface area contributed by atoms with Crippen LogP contribution < -0.4 is 0 Å². The van der Waals surface area contributed by atoms with Crippen molar-refractivity contribution in [1.29, 1.82) is 0 Å². The second-order valence-electron chi connectivity index (χ2n) is 8.33. The van der Waals surface area contributed by atoms with E-state index in [0.29, 0.717) is 18.7 Å². The first kappa shape index (κ1) is 20.9. The fraction of sp³-hybridized carbons (Fsp3) is 0.269. The number of halogens is 1. The highest BCUT2D eigenvalue weighted by Crippen LogP contribution is 2.31. The second-order valence-corrected chi connectivity index (χ2v) is 9.50. The highest BCUT2D eigenvalue weighted by molar-refractivity contribution is 7.15. The molecule has 0 spiro atoms. The molecule has 1 aliphatic rings. The molecule has 4 aromatic rings. The van der Waals surface area contributed by atoms with E-state index in [-0.39, 0.29) is 11.7 Å². The summed E-state index contributed by atoms with van der Waals surface area (Å²) in [4.78, 5) is 23.1. The van der Waals surface area contributed by atoms with Crippen molar-refractivity contribution in [1.82, 2.24) is 14.8 Å². The molecule has 1 N–H and O–H groups in total. The lowest BCUT2D eigenvalue weighted by molar-refractivity contribution is 0.0729. The number of amides is 1. The van der Waals surface area contributed by atoms with Crippen LogP contribution in [0.15, 0.2) is 66.9 Å². The number of aromatic nitrogens is 1. The lowest BCUT2D eigenvalue weighted by Crippen LogP contribution is -2.37. The topological polar surface area (TPSA) is 39.3 Å². The molecule has 0 radical (unpaired) electrons. The number of nitrogens with one attached hydrogen (secondary N) is 1. The Morgan fingerprint density at radius 1 is 1.03 bits per heavy atom. The minimum absolute atomic E-state index is 0.0483. The standard InChI is InChI=1S/C26H26FN3OS/c27-22-6-3-19(4-7-22)26(31)30(16-15-29-13-1-2-14-29)18-23-8-10-25(32-23)21-5-9-24-20(17-21)11-12-28-24/h3-12,17,28H,1-2,13-16,18H2. The molecule has 1 fully saturated rings. The van der Waals surface area contributed by atoms with Gasteiger partial charge in [0.1, 0.15) is 5.82 Å².